The molecule has 3 N–H and O–H groups in total. The minimum Gasteiger partial charge on any atom is -1.00 e. The van der Waals surface area contributed by atoms with E-state index in [-0.39, 0.29) is 79.7 Å². The van der Waals surface area contributed by atoms with Crippen LogP contribution in [-0.2, 0) is 4.57 Å². The van der Waals surface area contributed by atoms with E-state index >= 15 is 0 Å². The number of carboxylic acid groups (broad SMARTS) is 2. The summed E-state index contributed by atoms with van der Waals surface area (Å²) < 4.78 is 8.88. The van der Waals surface area contributed by atoms with Gasteiger partial charge in [-0.15, -0.1) is 0 Å². The van der Waals surface area contributed by atoms with Crippen molar-refractivity contribution in [2.75, 3.05) is 0 Å². The summed E-state index contributed by atoms with van der Waals surface area (Å²) in [6.45, 7) is 0. The average molecular weight is 257 g/mol. The van der Waals surface area contributed by atoms with Crippen LogP contribution in [-0.4, -0.2) is 58.6 Å². The first-order valence-electron chi connectivity index (χ1n) is 1.39. The van der Waals surface area contributed by atoms with Gasteiger partial charge in [0.25, 0.3) is 0 Å². The van der Waals surface area contributed by atoms with Crippen LogP contribution in [0.1, 0.15) is 0 Å². The minimum atomic E-state index is -4.64. The Kier molecular flexibility index (Phi) is 37.5. The third-order valence-corrected chi connectivity index (χ3v) is 0. The second-order valence-electron chi connectivity index (χ2n) is 0.763. The Morgan fingerprint density at radius 2 is 1.17 bits per heavy atom. The van der Waals surface area contributed by atoms with E-state index in [1.165, 1.54) is 0 Å². The third kappa shape index (κ3) is 383. The van der Waals surface area contributed by atoms with Crippen molar-refractivity contribution in [3.63, 3.8) is 0 Å². The number of hydrogen-bond donors (Lipinski definition) is 3. The molecule has 0 spiro atoms. The predicted molar refractivity (Wildman–Crippen MR) is 25.4 cm³/mol. The van der Waals surface area contributed by atoms with E-state index in [0.29, 0.717) is 0 Å². The van der Waals surface area contributed by atoms with Crippen molar-refractivity contribution in [3.8, 4) is 0 Å². The molecular formula is CH3CaClNaO7P. The summed E-state index contributed by atoms with van der Waals surface area (Å²) >= 11 is 0. The van der Waals surface area contributed by atoms with Crippen molar-refractivity contribution >= 4 is 51.7 Å². The molecule has 0 amide bonds. The molecule has 0 aliphatic carbocycles. The Labute approximate surface area is 126 Å². The molecule has 0 radical (unpaired) electrons. The van der Waals surface area contributed by atoms with Gasteiger partial charge in [-0.05, 0) is 6.16 Å². The van der Waals surface area contributed by atoms with Crippen molar-refractivity contribution < 1.29 is 76.2 Å². The number of rotatable bonds is 0. The summed E-state index contributed by atoms with van der Waals surface area (Å²) in [5, 5.41) is 16.7. The summed E-state index contributed by atoms with van der Waals surface area (Å²) in [7, 11) is -4.64. The van der Waals surface area contributed by atoms with Crippen LogP contribution in [0.25, 0.3) is 0 Å². The largest absolute Gasteiger partial charge is 2.00 e. The molecule has 0 unspecified atom stereocenters. The van der Waals surface area contributed by atoms with E-state index in [0.717, 1.165) is 0 Å². The third-order valence-electron chi connectivity index (χ3n) is 0. The average Bonchev–Trinajstić information content (AvgIpc) is 1.19. The van der Waals surface area contributed by atoms with Crippen LogP contribution in [0.2, 0.25) is 0 Å². The van der Waals surface area contributed by atoms with E-state index in [2.05, 4.69) is 0 Å². The maximum Gasteiger partial charge on any atom is 2.00 e. The first-order chi connectivity index (χ1) is 3.73. The molecule has 0 heterocycles. The zero-order valence-electron chi connectivity index (χ0n) is 6.01. The summed E-state index contributed by atoms with van der Waals surface area (Å²) in [5.41, 5.74) is 0. The molecular weight excluding hydrogens is 253 g/mol. The smallest absolute Gasteiger partial charge is 1.00 e. The van der Waals surface area contributed by atoms with Crippen molar-refractivity contribution in [1.29, 1.82) is 0 Å². The standard InChI is InChI=1S/CH2O3.Ca.ClH.Na.H3O4P/c2-1(3)4;;;;1-5(2,3)4/h(H2,2,3,4);;1H;;(H3,1,2,3,4)/q;+2;;+1;/p-3. The van der Waals surface area contributed by atoms with Crippen LogP contribution in [0, 0.1) is 0 Å². The van der Waals surface area contributed by atoms with Gasteiger partial charge in [-0.1, -0.05) is 0 Å². The minimum absolute atomic E-state index is 0. The van der Waals surface area contributed by atoms with Crippen LogP contribution < -0.4 is 52.2 Å². The molecule has 0 fully saturated rings. The summed E-state index contributed by atoms with van der Waals surface area (Å²) in [6.07, 6.45) is -2.33. The van der Waals surface area contributed by atoms with Crippen LogP contribution in [0.4, 0.5) is 4.79 Å². The van der Waals surface area contributed by atoms with Gasteiger partial charge in [-0.2, -0.15) is 0 Å². The van der Waals surface area contributed by atoms with Crippen LogP contribution in [0.3, 0.4) is 0 Å². The van der Waals surface area contributed by atoms with Crippen molar-refractivity contribution in [2.24, 2.45) is 0 Å². The number of carbonyl (C=O) groups is 1. The van der Waals surface area contributed by atoms with E-state index in [1.54, 1.807) is 0 Å². The predicted octanol–water partition coefficient (Wildman–Crippen LogP) is -9.75. The fourth-order valence-electron chi connectivity index (χ4n) is 0. The molecule has 0 aromatic heterocycles. The monoisotopic (exact) mass is 256 g/mol. The quantitative estimate of drug-likeness (QED) is 0.289. The first kappa shape index (κ1) is 29.2. The molecule has 0 saturated carbocycles. The zero-order chi connectivity index (χ0) is 8.08. The normalized spacial score (nSPS) is 6.92. The Balaban J connectivity index is -0.0000000221. The van der Waals surface area contributed by atoms with Crippen LogP contribution >= 0.6 is 7.82 Å². The van der Waals surface area contributed by atoms with Crippen molar-refractivity contribution in [1.82, 2.24) is 0 Å². The molecule has 0 aliphatic rings. The second-order valence-corrected chi connectivity index (χ2v) is 1.79. The maximum atomic E-state index is 8.88. The van der Waals surface area contributed by atoms with Gasteiger partial charge in [0, 0.05) is 0 Å². The fourth-order valence-corrected chi connectivity index (χ4v) is 0. The molecule has 0 rings (SSSR count). The molecule has 64 valence electrons. The Morgan fingerprint density at radius 3 is 1.17 bits per heavy atom. The van der Waals surface area contributed by atoms with E-state index < -0.39 is 14.0 Å². The Morgan fingerprint density at radius 1 is 1.17 bits per heavy atom. The van der Waals surface area contributed by atoms with Gasteiger partial charge in [-0.25, -0.2) is 4.57 Å². The summed E-state index contributed by atoms with van der Waals surface area (Å²) in [6, 6.07) is 0. The van der Waals surface area contributed by atoms with Gasteiger partial charge in [0.05, 0.1) is 0 Å². The topological polar surface area (TPSA) is 141 Å². The molecule has 0 saturated heterocycles. The second kappa shape index (κ2) is 15.4. The first-order valence-corrected chi connectivity index (χ1v) is 2.96. The van der Waals surface area contributed by atoms with Gasteiger partial charge in [0.2, 0.25) is 0 Å². The zero-order valence-corrected chi connectivity index (χ0v) is 11.9. The maximum absolute atomic E-state index is 8.88. The number of phosphoric acid groups is 1. The van der Waals surface area contributed by atoms with Crippen LogP contribution in [0.5, 0.6) is 0 Å². The molecule has 7 nitrogen and oxygen atoms in total. The van der Waals surface area contributed by atoms with Crippen molar-refractivity contribution in [2.45, 2.75) is 0 Å². The van der Waals surface area contributed by atoms with E-state index in [9.17, 15) is 0 Å². The van der Waals surface area contributed by atoms with E-state index in [1.807, 2.05) is 0 Å². The fraction of sp³-hybridized carbons (Fsp3) is 0. The van der Waals surface area contributed by atoms with Gasteiger partial charge >= 0.3 is 75.1 Å². The van der Waals surface area contributed by atoms with E-state index in [4.69, 9.17) is 34.3 Å². The molecule has 0 atom stereocenters. The van der Waals surface area contributed by atoms with Gasteiger partial charge in [-0.3, -0.25) is 0 Å². The van der Waals surface area contributed by atoms with Gasteiger partial charge < -0.3 is 42.1 Å². The SMILES string of the molecule is O=C([O-])[O-].O=P(O)(O)O.[Ca+2].[Cl-].[Na+]. The number of carbonyl (C=O) groups excluding carboxylic acids is 1. The molecule has 0 bridgehead atoms. The summed E-state index contributed by atoms with van der Waals surface area (Å²) in [4.78, 5) is 29.9. The molecule has 0 aromatic rings. The van der Waals surface area contributed by atoms with Crippen LogP contribution in [0.15, 0.2) is 0 Å². The molecule has 12 heavy (non-hydrogen) atoms. The molecule has 11 heteroatoms. The molecule has 0 aromatic carbocycles. The van der Waals surface area contributed by atoms with Crippen molar-refractivity contribution in [3.05, 3.63) is 0 Å². The van der Waals surface area contributed by atoms with Gasteiger partial charge in [0.15, 0.2) is 0 Å². The summed E-state index contributed by atoms with van der Waals surface area (Å²) in [5.74, 6) is 0. The molecule has 0 aliphatic heterocycles. The van der Waals surface area contributed by atoms with Gasteiger partial charge in [0.1, 0.15) is 0 Å². The Bertz CT molecular complexity index is 123. The number of hydrogen-bond acceptors (Lipinski definition) is 4. The number of halogens is 1. The Hall–Kier alpha value is 1.93.